The maximum absolute atomic E-state index is 13.4. The van der Waals surface area contributed by atoms with E-state index in [0.717, 1.165) is 28.0 Å². The molecule has 4 atom stereocenters. The molecule has 0 aromatic heterocycles. The van der Waals surface area contributed by atoms with Crippen LogP contribution in [0.2, 0.25) is 0 Å². The molecule has 0 heterocycles. The Hall–Kier alpha value is -5.18. The predicted molar refractivity (Wildman–Crippen MR) is 235 cm³/mol. The number of benzene rings is 3. The molecule has 0 aliphatic heterocycles. The van der Waals surface area contributed by atoms with Crippen LogP contribution in [0.4, 0.5) is 0 Å². The summed E-state index contributed by atoms with van der Waals surface area (Å²) in [5.41, 5.74) is 3.00. The third-order valence-electron chi connectivity index (χ3n) is 12.3. The average Bonchev–Trinajstić information content (AvgIpc) is 3.89. The van der Waals surface area contributed by atoms with E-state index >= 15 is 0 Å². The Balaban J connectivity index is 0.000000265. The molecule has 1 N–H and O–H groups in total. The van der Waals surface area contributed by atoms with E-state index in [4.69, 9.17) is 18.9 Å². The number of carboxylic acid groups (broad SMARTS) is 1. The van der Waals surface area contributed by atoms with Crippen molar-refractivity contribution in [3.63, 3.8) is 0 Å². The van der Waals surface area contributed by atoms with Crippen LogP contribution in [0.25, 0.3) is 0 Å². The monoisotopic (exact) mass is 822 g/mol. The number of aryl methyl sites for hydroxylation is 1. The lowest BCUT2D eigenvalue weighted by atomic mass is 9.78. The largest absolute Gasteiger partial charge is 0.481 e. The molecule has 2 aliphatic carbocycles. The lowest BCUT2D eigenvalue weighted by Crippen LogP contribution is -2.24. The molecule has 3 aromatic rings. The average molecular weight is 823 g/mol. The molecule has 60 heavy (non-hydrogen) atoms. The molecule has 324 valence electrons. The summed E-state index contributed by atoms with van der Waals surface area (Å²) in [7, 11) is 1.32. The summed E-state index contributed by atoms with van der Waals surface area (Å²) in [6.07, 6.45) is 3.95. The maximum atomic E-state index is 13.4. The number of para-hydroxylation sites is 1. The zero-order valence-electron chi connectivity index (χ0n) is 38.4. The Morgan fingerprint density at radius 1 is 0.767 bits per heavy atom. The fraction of sp³-hybridized carbons (Fsp3) is 0.490. The van der Waals surface area contributed by atoms with Crippen LogP contribution in [0.1, 0.15) is 112 Å². The SMILES string of the molecule is CCOC(=O)C(C)=CC1C(C(=O)Oc2c(C(C)(C)C)cc(C)cc2C(C)(C)C)C1(C)C.COC(=O)C(C)=CC1C(C)(C)C1(Cc1cccc(Oc2ccccc2)c1)C(=O)O. The highest BCUT2D eigenvalue weighted by atomic mass is 16.5. The van der Waals surface area contributed by atoms with Gasteiger partial charge in [-0.05, 0) is 91.5 Å². The van der Waals surface area contributed by atoms with Crippen molar-refractivity contribution >= 4 is 23.9 Å². The van der Waals surface area contributed by atoms with Gasteiger partial charge >= 0.3 is 23.9 Å². The van der Waals surface area contributed by atoms with Gasteiger partial charge in [-0.25, -0.2) is 9.59 Å². The molecule has 5 rings (SSSR count). The van der Waals surface area contributed by atoms with Gasteiger partial charge in [0.15, 0.2) is 0 Å². The minimum absolute atomic E-state index is 0.0500. The van der Waals surface area contributed by atoms with E-state index in [1.165, 1.54) is 7.11 Å². The van der Waals surface area contributed by atoms with E-state index in [1.807, 2.05) is 88.4 Å². The van der Waals surface area contributed by atoms with Gasteiger partial charge in [0, 0.05) is 28.2 Å². The van der Waals surface area contributed by atoms with Gasteiger partial charge in [-0.15, -0.1) is 0 Å². The molecule has 2 fully saturated rings. The summed E-state index contributed by atoms with van der Waals surface area (Å²) in [6, 6.07) is 21.2. The lowest BCUT2D eigenvalue weighted by Gasteiger charge is -2.30. The molecule has 2 saturated carbocycles. The minimum atomic E-state index is -0.992. The molecular formula is C51H66O9. The topological polar surface area (TPSA) is 125 Å². The second-order valence-corrected chi connectivity index (χ2v) is 19.6. The number of methoxy groups -OCH3 is 1. The van der Waals surface area contributed by atoms with Crippen molar-refractivity contribution < 1.29 is 43.2 Å². The van der Waals surface area contributed by atoms with Crippen molar-refractivity contribution in [1.82, 2.24) is 0 Å². The minimum Gasteiger partial charge on any atom is -0.481 e. The van der Waals surface area contributed by atoms with E-state index in [0.29, 0.717) is 35.7 Å². The number of esters is 3. The molecule has 0 radical (unpaired) electrons. The zero-order chi connectivity index (χ0) is 45.2. The fourth-order valence-electron chi connectivity index (χ4n) is 8.40. The van der Waals surface area contributed by atoms with Gasteiger partial charge in [0.2, 0.25) is 0 Å². The molecular weight excluding hydrogens is 757 g/mol. The van der Waals surface area contributed by atoms with Gasteiger partial charge < -0.3 is 24.1 Å². The number of allylic oxidation sites excluding steroid dienone is 2. The number of aliphatic carboxylic acids is 1. The summed E-state index contributed by atoms with van der Waals surface area (Å²) in [6.45, 7) is 28.4. The molecule has 9 heteroatoms. The maximum Gasteiger partial charge on any atom is 0.333 e. The first kappa shape index (κ1) is 47.5. The van der Waals surface area contributed by atoms with Crippen LogP contribution in [0, 0.1) is 40.9 Å². The van der Waals surface area contributed by atoms with E-state index in [9.17, 15) is 24.3 Å². The third-order valence-corrected chi connectivity index (χ3v) is 12.3. The molecule has 0 bridgehead atoms. The summed E-state index contributed by atoms with van der Waals surface area (Å²) in [4.78, 5) is 49.5. The molecule has 9 nitrogen and oxygen atoms in total. The van der Waals surface area contributed by atoms with Gasteiger partial charge in [0.25, 0.3) is 0 Å². The normalized spacial score (nSPS) is 21.8. The van der Waals surface area contributed by atoms with Crippen LogP contribution in [0.3, 0.4) is 0 Å². The standard InChI is InChI=1S/C27H40O4.C24H26O5/c1-12-30-23(28)17(3)15-18-21(27(18,10)11)24(29)31-22-19(25(4,5)6)13-16(2)14-20(22)26(7,8)9;1-16(21(25)28-4)13-20-23(2,3)24(20,22(26)27)15-17-9-8-12-19(14-17)29-18-10-6-5-7-11-18/h13-15,18,21H,12H2,1-11H3;5-14,20H,15H2,1-4H3,(H,26,27). The van der Waals surface area contributed by atoms with Gasteiger partial charge in [0.05, 0.1) is 25.0 Å². The fourth-order valence-corrected chi connectivity index (χ4v) is 8.40. The molecule has 0 amide bonds. The van der Waals surface area contributed by atoms with Crippen LogP contribution < -0.4 is 9.47 Å². The van der Waals surface area contributed by atoms with Crippen molar-refractivity contribution in [1.29, 1.82) is 0 Å². The van der Waals surface area contributed by atoms with Crippen molar-refractivity contribution in [2.75, 3.05) is 13.7 Å². The molecule has 0 spiro atoms. The molecule has 3 aromatic carbocycles. The van der Waals surface area contributed by atoms with Crippen LogP contribution >= 0.6 is 0 Å². The molecule has 2 aliphatic rings. The van der Waals surface area contributed by atoms with E-state index in [-0.39, 0.29) is 45.9 Å². The molecule has 0 saturated heterocycles. The van der Waals surface area contributed by atoms with Gasteiger partial charge in [-0.2, -0.15) is 0 Å². The van der Waals surface area contributed by atoms with Crippen LogP contribution in [0.5, 0.6) is 17.2 Å². The Morgan fingerprint density at radius 2 is 1.32 bits per heavy atom. The number of hydrogen-bond donors (Lipinski definition) is 1. The van der Waals surface area contributed by atoms with Crippen LogP contribution in [-0.2, 0) is 45.9 Å². The van der Waals surface area contributed by atoms with Crippen LogP contribution in [-0.4, -0.2) is 42.7 Å². The van der Waals surface area contributed by atoms with Gasteiger partial charge in [-0.1, -0.05) is 129 Å². The number of carbonyl (C=O) groups excluding carboxylic acids is 3. The lowest BCUT2D eigenvalue weighted by molar-refractivity contribution is -0.145. The van der Waals surface area contributed by atoms with E-state index < -0.39 is 22.8 Å². The molecule has 4 unspecified atom stereocenters. The second kappa shape index (κ2) is 17.8. The van der Waals surface area contributed by atoms with Gasteiger partial charge in [0.1, 0.15) is 17.2 Å². The Labute approximate surface area is 357 Å². The Kier molecular flexibility index (Phi) is 14.1. The van der Waals surface area contributed by atoms with Crippen molar-refractivity contribution in [2.24, 2.45) is 34.0 Å². The summed E-state index contributed by atoms with van der Waals surface area (Å²) < 4.78 is 21.9. The van der Waals surface area contributed by atoms with Crippen molar-refractivity contribution in [3.8, 4) is 17.2 Å². The van der Waals surface area contributed by atoms with Crippen LogP contribution in [0.15, 0.2) is 90.0 Å². The highest BCUT2D eigenvalue weighted by Crippen LogP contribution is 2.71. The first-order valence-corrected chi connectivity index (χ1v) is 20.8. The highest BCUT2D eigenvalue weighted by Gasteiger charge is 2.74. The summed E-state index contributed by atoms with van der Waals surface area (Å²) in [5.74, 6) is -0.424. The number of ether oxygens (including phenoxy) is 4. The van der Waals surface area contributed by atoms with Gasteiger partial charge in [-0.3, -0.25) is 9.59 Å². The summed E-state index contributed by atoms with van der Waals surface area (Å²) >= 11 is 0. The third kappa shape index (κ3) is 10.2. The number of carboxylic acids is 1. The first-order valence-electron chi connectivity index (χ1n) is 20.8. The number of rotatable bonds is 12. The Morgan fingerprint density at radius 3 is 1.83 bits per heavy atom. The van der Waals surface area contributed by atoms with E-state index in [1.54, 1.807) is 26.8 Å². The smallest absolute Gasteiger partial charge is 0.333 e. The number of hydrogen-bond acceptors (Lipinski definition) is 8. The number of carbonyl (C=O) groups is 4. The summed E-state index contributed by atoms with van der Waals surface area (Å²) in [5, 5.41) is 10.1. The predicted octanol–water partition coefficient (Wildman–Crippen LogP) is 11.1. The highest BCUT2D eigenvalue weighted by molar-refractivity contribution is 5.90. The van der Waals surface area contributed by atoms with E-state index in [2.05, 4.69) is 60.6 Å². The zero-order valence-corrected chi connectivity index (χ0v) is 38.4. The van der Waals surface area contributed by atoms with Crippen molar-refractivity contribution in [2.45, 2.75) is 114 Å². The van der Waals surface area contributed by atoms with Crippen molar-refractivity contribution in [3.05, 3.63) is 112 Å². The quantitative estimate of drug-likeness (QED) is 0.108. The second-order valence-electron chi connectivity index (χ2n) is 19.6. The Bertz CT molecular complexity index is 2110. The first-order chi connectivity index (χ1) is 27.7.